The minimum absolute atomic E-state index is 0.0563. The predicted octanol–water partition coefficient (Wildman–Crippen LogP) is 3.44. The van der Waals surface area contributed by atoms with Crippen molar-refractivity contribution in [2.75, 3.05) is 16.4 Å². The average Bonchev–Trinajstić information content (AvgIpc) is 3.00. The first-order valence-corrected chi connectivity index (χ1v) is 11.2. The molecule has 4 nitrogen and oxygen atoms in total. The van der Waals surface area contributed by atoms with E-state index in [0.717, 1.165) is 16.8 Å². The van der Waals surface area contributed by atoms with E-state index in [0.29, 0.717) is 0 Å². The number of aliphatic hydroxyl groups excluding tert-OH is 1. The monoisotopic (exact) mass is 393 g/mol. The van der Waals surface area contributed by atoms with Gasteiger partial charge in [0, 0.05) is 5.69 Å². The first-order valence-electron chi connectivity index (χ1n) is 9.37. The molecule has 0 saturated carbocycles. The maximum Gasteiger partial charge on any atom is 0.155 e. The van der Waals surface area contributed by atoms with E-state index in [1.165, 1.54) is 0 Å². The minimum atomic E-state index is -3.29. The molecule has 1 aliphatic heterocycles. The Hall–Kier alpha value is -2.63. The van der Waals surface area contributed by atoms with Gasteiger partial charge >= 0.3 is 0 Å². The Bertz CT molecular complexity index is 968. The Morgan fingerprint density at radius 1 is 0.750 bits per heavy atom. The SMILES string of the molecule is O=S1(=O)C[C@H](O)[C@@H](N(c2ccccc2)C(c2ccccc2)c2ccccc2)C1. The van der Waals surface area contributed by atoms with Crippen LogP contribution in [0.15, 0.2) is 91.0 Å². The quantitative estimate of drug-likeness (QED) is 0.721. The third kappa shape index (κ3) is 3.81. The number of para-hydroxylation sites is 1. The second-order valence-electron chi connectivity index (χ2n) is 7.18. The van der Waals surface area contributed by atoms with E-state index < -0.39 is 22.0 Å². The zero-order chi connectivity index (χ0) is 19.6. The van der Waals surface area contributed by atoms with Gasteiger partial charge in [-0.25, -0.2) is 8.42 Å². The van der Waals surface area contributed by atoms with Crippen molar-refractivity contribution in [3.05, 3.63) is 102 Å². The molecular weight excluding hydrogens is 370 g/mol. The summed E-state index contributed by atoms with van der Waals surface area (Å²) in [4.78, 5) is 2.07. The van der Waals surface area contributed by atoms with Gasteiger partial charge in [0.25, 0.3) is 0 Å². The van der Waals surface area contributed by atoms with Gasteiger partial charge in [-0.3, -0.25) is 0 Å². The van der Waals surface area contributed by atoms with E-state index in [2.05, 4.69) is 4.90 Å². The number of benzene rings is 3. The van der Waals surface area contributed by atoms with Crippen molar-refractivity contribution in [1.82, 2.24) is 0 Å². The lowest BCUT2D eigenvalue weighted by Gasteiger charge is -2.40. The van der Waals surface area contributed by atoms with Crippen molar-refractivity contribution in [3.63, 3.8) is 0 Å². The Balaban J connectivity index is 1.90. The second kappa shape index (κ2) is 7.78. The molecule has 2 atom stereocenters. The average molecular weight is 394 g/mol. The summed E-state index contributed by atoms with van der Waals surface area (Å²) in [5, 5.41) is 10.7. The summed E-state index contributed by atoms with van der Waals surface area (Å²) in [5.41, 5.74) is 2.99. The maximum atomic E-state index is 12.3. The lowest BCUT2D eigenvalue weighted by molar-refractivity contribution is 0.175. The van der Waals surface area contributed by atoms with Gasteiger partial charge in [0.05, 0.1) is 29.7 Å². The highest BCUT2D eigenvalue weighted by atomic mass is 32.2. The van der Waals surface area contributed by atoms with Gasteiger partial charge < -0.3 is 10.0 Å². The van der Waals surface area contributed by atoms with Gasteiger partial charge in [-0.1, -0.05) is 78.9 Å². The van der Waals surface area contributed by atoms with Gasteiger partial charge in [0.1, 0.15) is 0 Å². The van der Waals surface area contributed by atoms with Gasteiger partial charge in [-0.2, -0.15) is 0 Å². The van der Waals surface area contributed by atoms with Crippen LogP contribution in [-0.2, 0) is 9.84 Å². The van der Waals surface area contributed by atoms with Crippen LogP contribution in [0.25, 0.3) is 0 Å². The molecule has 4 rings (SSSR count). The van der Waals surface area contributed by atoms with Gasteiger partial charge in [-0.05, 0) is 23.3 Å². The predicted molar refractivity (Wildman–Crippen MR) is 112 cm³/mol. The number of anilines is 1. The van der Waals surface area contributed by atoms with Crippen LogP contribution in [0.2, 0.25) is 0 Å². The zero-order valence-electron chi connectivity index (χ0n) is 15.4. The lowest BCUT2D eigenvalue weighted by Crippen LogP contribution is -2.46. The van der Waals surface area contributed by atoms with Crippen LogP contribution in [0, 0.1) is 0 Å². The standard InChI is InChI=1S/C23H23NO3S/c25-22-17-28(26,27)16-21(22)24(20-14-8-3-9-15-20)23(18-10-4-1-5-11-18)19-12-6-2-7-13-19/h1-15,21-23,25H,16-17H2/t21-,22-/m0/s1. The summed E-state index contributed by atoms with van der Waals surface area (Å²) in [7, 11) is -3.29. The number of hydrogen-bond donors (Lipinski definition) is 1. The molecule has 1 aliphatic rings. The summed E-state index contributed by atoms with van der Waals surface area (Å²) < 4.78 is 24.6. The molecule has 5 heteroatoms. The van der Waals surface area contributed by atoms with E-state index in [1.54, 1.807) is 0 Å². The van der Waals surface area contributed by atoms with Crippen LogP contribution in [0.5, 0.6) is 0 Å². The summed E-state index contributed by atoms with van der Waals surface area (Å²) >= 11 is 0. The molecule has 1 N–H and O–H groups in total. The first kappa shape index (κ1) is 18.7. The Kier molecular flexibility index (Phi) is 5.20. The molecule has 0 radical (unpaired) electrons. The van der Waals surface area contributed by atoms with Crippen molar-refractivity contribution >= 4 is 15.5 Å². The largest absolute Gasteiger partial charge is 0.390 e. The Morgan fingerprint density at radius 2 is 1.21 bits per heavy atom. The molecule has 1 heterocycles. The molecule has 0 aliphatic carbocycles. The molecule has 144 valence electrons. The van der Waals surface area contributed by atoms with E-state index >= 15 is 0 Å². The molecule has 0 amide bonds. The second-order valence-corrected chi connectivity index (χ2v) is 9.33. The highest BCUT2D eigenvalue weighted by Gasteiger charge is 2.43. The van der Waals surface area contributed by atoms with E-state index in [-0.39, 0.29) is 17.5 Å². The molecule has 0 aromatic heterocycles. The van der Waals surface area contributed by atoms with Crippen LogP contribution in [0.4, 0.5) is 5.69 Å². The van der Waals surface area contributed by atoms with Gasteiger partial charge in [0.15, 0.2) is 9.84 Å². The topological polar surface area (TPSA) is 57.6 Å². The zero-order valence-corrected chi connectivity index (χ0v) is 16.2. The van der Waals surface area contributed by atoms with Crippen molar-refractivity contribution in [2.24, 2.45) is 0 Å². The number of rotatable bonds is 5. The highest BCUT2D eigenvalue weighted by molar-refractivity contribution is 7.91. The summed E-state index contributed by atoms with van der Waals surface area (Å²) in [5.74, 6) is -0.253. The van der Waals surface area contributed by atoms with Crippen LogP contribution in [0.1, 0.15) is 17.2 Å². The molecule has 3 aromatic rings. The van der Waals surface area contributed by atoms with Crippen molar-refractivity contribution < 1.29 is 13.5 Å². The fourth-order valence-electron chi connectivity index (χ4n) is 3.99. The number of hydrogen-bond acceptors (Lipinski definition) is 4. The van der Waals surface area contributed by atoms with E-state index in [4.69, 9.17) is 0 Å². The van der Waals surface area contributed by atoms with Gasteiger partial charge in [-0.15, -0.1) is 0 Å². The van der Waals surface area contributed by atoms with Crippen molar-refractivity contribution in [2.45, 2.75) is 18.2 Å². The lowest BCUT2D eigenvalue weighted by atomic mass is 9.94. The maximum absolute atomic E-state index is 12.3. The Morgan fingerprint density at radius 3 is 1.64 bits per heavy atom. The molecule has 0 spiro atoms. The first-order chi connectivity index (χ1) is 13.6. The third-order valence-corrected chi connectivity index (χ3v) is 6.91. The molecule has 0 unspecified atom stereocenters. The highest BCUT2D eigenvalue weighted by Crippen LogP contribution is 2.37. The van der Waals surface area contributed by atoms with Crippen LogP contribution in [-0.4, -0.2) is 37.2 Å². The number of nitrogens with zero attached hydrogens (tertiary/aromatic N) is 1. The molecule has 1 saturated heterocycles. The molecule has 3 aromatic carbocycles. The molecule has 1 fully saturated rings. The summed E-state index contributed by atoms with van der Waals surface area (Å²) in [6.45, 7) is 0. The van der Waals surface area contributed by atoms with Crippen LogP contribution in [0.3, 0.4) is 0 Å². The van der Waals surface area contributed by atoms with Crippen molar-refractivity contribution in [3.8, 4) is 0 Å². The van der Waals surface area contributed by atoms with Crippen LogP contribution < -0.4 is 4.90 Å². The number of sulfone groups is 1. The molecule has 28 heavy (non-hydrogen) atoms. The third-order valence-electron chi connectivity index (χ3n) is 5.21. The fourth-order valence-corrected chi connectivity index (χ4v) is 5.77. The summed E-state index contributed by atoms with van der Waals surface area (Å²) in [6, 6.07) is 29.1. The van der Waals surface area contributed by atoms with Gasteiger partial charge in [0.2, 0.25) is 0 Å². The van der Waals surface area contributed by atoms with E-state index in [9.17, 15) is 13.5 Å². The van der Waals surface area contributed by atoms with Crippen molar-refractivity contribution in [1.29, 1.82) is 0 Å². The fraction of sp³-hybridized carbons (Fsp3) is 0.217. The summed E-state index contributed by atoms with van der Waals surface area (Å²) in [6.07, 6.45) is -0.930. The molecule has 0 bridgehead atoms. The number of aliphatic hydroxyl groups is 1. The smallest absolute Gasteiger partial charge is 0.155 e. The Labute approximate surface area is 166 Å². The normalized spacial score (nSPS) is 20.9. The van der Waals surface area contributed by atoms with E-state index in [1.807, 2.05) is 91.0 Å². The van der Waals surface area contributed by atoms with Crippen LogP contribution >= 0.6 is 0 Å². The minimum Gasteiger partial charge on any atom is -0.390 e. The molecular formula is C23H23NO3S.